The van der Waals surface area contributed by atoms with Crippen LogP contribution in [0.3, 0.4) is 0 Å². The Bertz CT molecular complexity index is 1250. The van der Waals surface area contributed by atoms with Crippen LogP contribution in [0, 0.1) is 12.8 Å². The van der Waals surface area contributed by atoms with Crippen LogP contribution < -0.4 is 14.8 Å². The molecule has 0 aromatic heterocycles. The Hall–Kier alpha value is -3.24. The van der Waals surface area contributed by atoms with Gasteiger partial charge in [0.15, 0.2) is 11.5 Å². The summed E-state index contributed by atoms with van der Waals surface area (Å²) in [6, 6.07) is 19.3. The lowest BCUT2D eigenvalue weighted by molar-refractivity contribution is 0.311. The molecule has 3 aromatic rings. The number of aryl methyl sites for hydroxylation is 1. The molecule has 1 N–H and O–H groups in total. The molecule has 0 bridgehead atoms. The van der Waals surface area contributed by atoms with Crippen molar-refractivity contribution in [2.75, 3.05) is 19.0 Å². The van der Waals surface area contributed by atoms with Crippen molar-refractivity contribution in [3.8, 4) is 11.5 Å². The minimum absolute atomic E-state index is 0.280. The zero-order chi connectivity index (χ0) is 23.7. The van der Waals surface area contributed by atoms with Crippen LogP contribution in [0.2, 0.25) is 5.02 Å². The summed E-state index contributed by atoms with van der Waals surface area (Å²) >= 11 is 6.37. The molecule has 3 atom stereocenters. The molecule has 0 radical (unpaired) electrons. The van der Waals surface area contributed by atoms with Gasteiger partial charge in [-0.1, -0.05) is 53.6 Å². The first-order valence-corrected chi connectivity index (χ1v) is 12.1. The summed E-state index contributed by atoms with van der Waals surface area (Å²) in [7, 11) is 1.59. The molecule has 1 heterocycles. The summed E-state index contributed by atoms with van der Waals surface area (Å²) < 4.78 is 11.0. The number of halogens is 1. The normalized spacial score (nSPS) is 20.6. The van der Waals surface area contributed by atoms with Crippen LogP contribution in [0.5, 0.6) is 11.5 Å². The van der Waals surface area contributed by atoms with Gasteiger partial charge in [0.1, 0.15) is 0 Å². The molecular formula is C29H29ClN2O2. The van der Waals surface area contributed by atoms with Gasteiger partial charge in [0.25, 0.3) is 0 Å². The first-order valence-electron chi connectivity index (χ1n) is 11.8. The molecule has 1 aliphatic carbocycles. The summed E-state index contributed by atoms with van der Waals surface area (Å²) in [6.07, 6.45) is 7.61. The number of allylic oxidation sites excluding steroid dienone is 2. The van der Waals surface area contributed by atoms with E-state index in [1.165, 1.54) is 22.4 Å². The molecule has 4 nitrogen and oxygen atoms in total. The van der Waals surface area contributed by atoms with Gasteiger partial charge in [-0.05, 0) is 73.2 Å². The molecular weight excluding hydrogens is 444 g/mol. The van der Waals surface area contributed by atoms with Gasteiger partial charge in [-0.3, -0.25) is 4.99 Å². The highest BCUT2D eigenvalue weighted by Gasteiger charge is 2.37. The Morgan fingerprint density at radius 2 is 1.94 bits per heavy atom. The minimum atomic E-state index is 0.280. The van der Waals surface area contributed by atoms with Crippen molar-refractivity contribution in [2.45, 2.75) is 32.2 Å². The summed E-state index contributed by atoms with van der Waals surface area (Å²) in [4.78, 5) is 4.66. The van der Waals surface area contributed by atoms with E-state index < -0.39 is 0 Å². The number of nitrogens with zero attached hydrogens (tertiary/aromatic N) is 1. The van der Waals surface area contributed by atoms with E-state index in [1.54, 1.807) is 13.3 Å². The third-order valence-electron chi connectivity index (χ3n) is 6.67. The van der Waals surface area contributed by atoms with E-state index in [4.69, 9.17) is 21.1 Å². The molecule has 2 aliphatic rings. The SMILES string of the molecule is CCOc1cc(C=Nc2ccc([C@@H]3Nc4ccc(C)cc4[C@H]4C=CC[C@H]43)cc2)cc(Cl)c1OC. The molecule has 5 heteroatoms. The predicted molar refractivity (Wildman–Crippen MR) is 140 cm³/mol. The molecule has 1 aliphatic heterocycles. The van der Waals surface area contributed by atoms with Crippen LogP contribution in [0.4, 0.5) is 11.4 Å². The van der Waals surface area contributed by atoms with Crippen LogP contribution in [0.15, 0.2) is 71.7 Å². The van der Waals surface area contributed by atoms with Crippen LogP contribution in [0.25, 0.3) is 0 Å². The lowest BCUT2D eigenvalue weighted by atomic mass is 9.76. The average molecular weight is 473 g/mol. The van der Waals surface area contributed by atoms with E-state index in [9.17, 15) is 0 Å². The van der Waals surface area contributed by atoms with Crippen LogP contribution in [0.1, 0.15) is 47.6 Å². The van der Waals surface area contributed by atoms with Crippen molar-refractivity contribution in [1.82, 2.24) is 0 Å². The van der Waals surface area contributed by atoms with E-state index in [2.05, 4.69) is 71.8 Å². The highest BCUT2D eigenvalue weighted by atomic mass is 35.5. The topological polar surface area (TPSA) is 42.8 Å². The second kappa shape index (κ2) is 9.55. The number of nitrogens with one attached hydrogen (secondary N) is 1. The smallest absolute Gasteiger partial charge is 0.179 e. The fraction of sp³-hybridized carbons (Fsp3) is 0.276. The first kappa shape index (κ1) is 22.5. The third-order valence-corrected chi connectivity index (χ3v) is 6.95. The van der Waals surface area contributed by atoms with E-state index >= 15 is 0 Å². The van der Waals surface area contributed by atoms with E-state index in [1.807, 2.05) is 19.1 Å². The van der Waals surface area contributed by atoms with Gasteiger partial charge in [0, 0.05) is 17.8 Å². The Morgan fingerprint density at radius 1 is 1.12 bits per heavy atom. The van der Waals surface area contributed by atoms with Gasteiger partial charge in [-0.25, -0.2) is 0 Å². The number of fused-ring (bicyclic) bond motifs is 3. The molecule has 174 valence electrons. The number of ether oxygens (including phenoxy) is 2. The molecule has 0 saturated carbocycles. The lowest BCUT2D eigenvalue weighted by Crippen LogP contribution is -2.29. The number of benzene rings is 3. The maximum absolute atomic E-state index is 6.37. The third kappa shape index (κ3) is 4.30. The highest BCUT2D eigenvalue weighted by molar-refractivity contribution is 6.32. The zero-order valence-electron chi connectivity index (χ0n) is 19.7. The van der Waals surface area contributed by atoms with Gasteiger partial charge < -0.3 is 14.8 Å². The summed E-state index contributed by atoms with van der Waals surface area (Å²) in [6.45, 7) is 4.63. The van der Waals surface area contributed by atoms with Gasteiger partial charge >= 0.3 is 0 Å². The van der Waals surface area contributed by atoms with Crippen molar-refractivity contribution >= 4 is 29.2 Å². The fourth-order valence-corrected chi connectivity index (χ4v) is 5.38. The van der Waals surface area contributed by atoms with Crippen molar-refractivity contribution in [3.05, 3.63) is 94.0 Å². The maximum Gasteiger partial charge on any atom is 0.179 e. The van der Waals surface area contributed by atoms with Crippen molar-refractivity contribution < 1.29 is 9.47 Å². The molecule has 0 fully saturated rings. The van der Waals surface area contributed by atoms with Gasteiger partial charge in [-0.2, -0.15) is 0 Å². The zero-order valence-corrected chi connectivity index (χ0v) is 20.5. The quantitative estimate of drug-likeness (QED) is 0.296. The van der Waals surface area contributed by atoms with Gasteiger partial charge in [0.05, 0.1) is 30.5 Å². The van der Waals surface area contributed by atoms with E-state index in [0.29, 0.717) is 35.0 Å². The summed E-state index contributed by atoms with van der Waals surface area (Å²) in [5.41, 5.74) is 7.01. The van der Waals surface area contributed by atoms with Crippen LogP contribution in [-0.4, -0.2) is 19.9 Å². The number of rotatable bonds is 6. The Labute approximate surface area is 206 Å². The number of aliphatic imine (C=N–C) groups is 1. The predicted octanol–water partition coefficient (Wildman–Crippen LogP) is 7.63. The number of hydrogen-bond donors (Lipinski definition) is 1. The molecule has 0 saturated heterocycles. The van der Waals surface area contributed by atoms with E-state index in [0.717, 1.165) is 17.7 Å². The molecule has 0 unspecified atom stereocenters. The monoisotopic (exact) mass is 472 g/mol. The van der Waals surface area contributed by atoms with Gasteiger partial charge in [-0.15, -0.1) is 0 Å². The Morgan fingerprint density at radius 3 is 2.71 bits per heavy atom. The minimum Gasteiger partial charge on any atom is -0.491 e. The molecule has 3 aromatic carbocycles. The van der Waals surface area contributed by atoms with Crippen molar-refractivity contribution in [1.29, 1.82) is 0 Å². The fourth-order valence-electron chi connectivity index (χ4n) is 5.08. The Balaban J connectivity index is 1.36. The number of anilines is 1. The summed E-state index contributed by atoms with van der Waals surface area (Å²) in [5, 5.41) is 4.31. The van der Waals surface area contributed by atoms with E-state index in [-0.39, 0.29) is 6.04 Å². The van der Waals surface area contributed by atoms with Crippen molar-refractivity contribution in [3.63, 3.8) is 0 Å². The largest absolute Gasteiger partial charge is 0.491 e. The summed E-state index contributed by atoms with van der Waals surface area (Å²) in [5.74, 6) is 2.16. The van der Waals surface area contributed by atoms with Crippen LogP contribution in [-0.2, 0) is 0 Å². The average Bonchev–Trinajstić information content (AvgIpc) is 3.33. The second-order valence-electron chi connectivity index (χ2n) is 8.88. The molecule has 34 heavy (non-hydrogen) atoms. The molecule has 5 rings (SSSR count). The second-order valence-corrected chi connectivity index (χ2v) is 9.29. The standard InChI is InChI=1S/C29H29ClN2O2/c1-4-34-27-16-19(15-25(30)29(27)33-3)17-31-21-11-9-20(10-12-21)28-23-7-5-6-22(23)24-14-18(2)8-13-26(24)32-28/h5-6,8-17,22-23,28,32H,4,7H2,1-3H3/t22-,23+,28-/m0/s1. The lowest BCUT2D eigenvalue weighted by Gasteiger charge is -2.37. The van der Waals surface area contributed by atoms with Crippen LogP contribution >= 0.6 is 11.6 Å². The highest BCUT2D eigenvalue weighted by Crippen LogP contribution is 2.50. The number of methoxy groups -OCH3 is 1. The van der Waals surface area contributed by atoms with Crippen molar-refractivity contribution in [2.24, 2.45) is 10.9 Å². The Kier molecular flexibility index (Phi) is 6.34. The molecule has 0 spiro atoms. The molecule has 0 amide bonds. The first-order chi connectivity index (χ1) is 16.6. The van der Waals surface area contributed by atoms with Gasteiger partial charge in [0.2, 0.25) is 0 Å². The number of hydrogen-bond acceptors (Lipinski definition) is 4. The maximum atomic E-state index is 6.37.